The van der Waals surface area contributed by atoms with Crippen LogP contribution in [-0.4, -0.2) is 43.9 Å². The van der Waals surface area contributed by atoms with Crippen LogP contribution in [0.2, 0.25) is 0 Å². The van der Waals surface area contributed by atoms with Gasteiger partial charge in [0.2, 0.25) is 0 Å². The largest absolute Gasteiger partial charge is 0.284 e. The van der Waals surface area contributed by atoms with Crippen molar-refractivity contribution in [3.05, 3.63) is 29.8 Å². The molecule has 0 fully saturated rings. The number of benzene rings is 1. The second-order valence-corrected chi connectivity index (χ2v) is 7.09. The van der Waals surface area contributed by atoms with Crippen molar-refractivity contribution in [1.29, 1.82) is 0 Å². The van der Waals surface area contributed by atoms with Gasteiger partial charge in [0.05, 0.1) is 4.90 Å². The van der Waals surface area contributed by atoms with Crippen LogP contribution in [0.25, 0.3) is 0 Å². The Bertz CT molecular complexity index is 692. The number of hydrogen-bond donors (Lipinski definition) is 0. The first-order chi connectivity index (χ1) is 9.64. The molecule has 1 aliphatic rings. The molecule has 0 radical (unpaired) electrons. The summed E-state index contributed by atoms with van der Waals surface area (Å²) in [6, 6.07) is 6.59. The molecule has 1 aromatic rings. The lowest BCUT2D eigenvalue weighted by Gasteiger charge is -2.38. The van der Waals surface area contributed by atoms with E-state index in [0.717, 1.165) is 5.56 Å². The van der Waals surface area contributed by atoms with Gasteiger partial charge in [0.15, 0.2) is 5.84 Å². The molecule has 1 aromatic carbocycles. The summed E-state index contributed by atoms with van der Waals surface area (Å²) in [6.07, 6.45) is 0. The molecule has 0 bridgehead atoms. The van der Waals surface area contributed by atoms with Crippen LogP contribution in [-0.2, 0) is 10.0 Å². The fourth-order valence-electron chi connectivity index (χ4n) is 1.86. The van der Waals surface area contributed by atoms with Crippen molar-refractivity contribution in [2.75, 3.05) is 14.1 Å². The minimum absolute atomic E-state index is 0.162. The number of hydrogen-bond acceptors (Lipinski definition) is 5. The summed E-state index contributed by atoms with van der Waals surface area (Å²) < 4.78 is 28.9. The monoisotopic (exact) mass is 309 g/mol. The zero-order chi connectivity index (χ0) is 15.8. The predicted molar refractivity (Wildman–Crippen MR) is 80.3 cm³/mol. The zero-order valence-electron chi connectivity index (χ0n) is 12.8. The van der Waals surface area contributed by atoms with E-state index in [1.165, 1.54) is 5.01 Å². The average Bonchev–Trinajstić information content (AvgIpc) is 2.40. The first kappa shape index (κ1) is 15.4. The van der Waals surface area contributed by atoms with Gasteiger partial charge in [-0.1, -0.05) is 22.9 Å². The summed E-state index contributed by atoms with van der Waals surface area (Å²) in [4.78, 5) is 0.162. The highest BCUT2D eigenvalue weighted by molar-refractivity contribution is 7.90. The van der Waals surface area contributed by atoms with E-state index in [4.69, 9.17) is 0 Å². The molecule has 7 nitrogen and oxygen atoms in total. The van der Waals surface area contributed by atoms with E-state index in [-0.39, 0.29) is 4.90 Å². The van der Waals surface area contributed by atoms with Gasteiger partial charge in [-0.05, 0) is 38.1 Å². The van der Waals surface area contributed by atoms with E-state index >= 15 is 0 Å². The first-order valence-corrected chi connectivity index (χ1v) is 7.90. The maximum Gasteiger partial charge on any atom is 0.284 e. The quantitative estimate of drug-likeness (QED) is 0.837. The van der Waals surface area contributed by atoms with E-state index < -0.39 is 15.6 Å². The van der Waals surface area contributed by atoms with Crippen LogP contribution in [0.3, 0.4) is 0 Å². The second kappa shape index (κ2) is 5.10. The van der Waals surface area contributed by atoms with Gasteiger partial charge >= 0.3 is 0 Å². The second-order valence-electron chi connectivity index (χ2n) is 5.49. The van der Waals surface area contributed by atoms with Gasteiger partial charge in [-0.25, -0.2) is 5.01 Å². The predicted octanol–water partition coefficient (Wildman–Crippen LogP) is 2.02. The average molecular weight is 309 g/mol. The molecule has 21 heavy (non-hydrogen) atoms. The van der Waals surface area contributed by atoms with Gasteiger partial charge in [-0.3, -0.25) is 5.01 Å². The smallest absolute Gasteiger partial charge is 0.267 e. The molecule has 114 valence electrons. The molecular formula is C13H19N5O2S. The zero-order valence-corrected chi connectivity index (χ0v) is 13.6. The summed E-state index contributed by atoms with van der Waals surface area (Å²) in [5.74, 6) is 0.320. The topological polar surface area (TPSA) is 77.7 Å². The summed E-state index contributed by atoms with van der Waals surface area (Å²) >= 11 is 0. The van der Waals surface area contributed by atoms with Crippen molar-refractivity contribution in [3.63, 3.8) is 0 Å². The SMILES string of the molecule is Cc1ccc(S(=O)(=O)/N=C2/N(C)N=NN(C)C2(C)C)cc1. The Morgan fingerprint density at radius 2 is 1.67 bits per heavy atom. The molecule has 2 rings (SSSR count). The number of nitrogens with zero attached hydrogens (tertiary/aromatic N) is 5. The van der Waals surface area contributed by atoms with Crippen LogP contribution in [0.1, 0.15) is 19.4 Å². The number of aryl methyl sites for hydroxylation is 1. The number of rotatable bonds is 2. The summed E-state index contributed by atoms with van der Waals surface area (Å²) in [5.41, 5.74) is 0.319. The Kier molecular flexibility index (Phi) is 3.75. The lowest BCUT2D eigenvalue weighted by molar-refractivity contribution is 0.154. The molecule has 0 aliphatic carbocycles. The molecule has 0 unspecified atom stereocenters. The molecule has 1 heterocycles. The van der Waals surface area contributed by atoms with Crippen LogP contribution in [0.5, 0.6) is 0 Å². The molecule has 0 atom stereocenters. The van der Waals surface area contributed by atoms with Crippen molar-refractivity contribution in [1.82, 2.24) is 10.0 Å². The molecule has 0 N–H and O–H groups in total. The standard InChI is InChI=1S/C13H19N5O2S/c1-10-6-8-11(9-7-10)21(19,20)14-12-13(2,3)18(5)16-15-17(12)4/h6-9H,1-5H3/b14-12+. The van der Waals surface area contributed by atoms with Crippen LogP contribution in [0.15, 0.2) is 44.0 Å². The first-order valence-electron chi connectivity index (χ1n) is 6.46. The number of amidine groups is 1. The van der Waals surface area contributed by atoms with Gasteiger partial charge in [0.25, 0.3) is 10.0 Å². The highest BCUT2D eigenvalue weighted by Crippen LogP contribution is 2.24. The minimum atomic E-state index is -3.79. The fraction of sp³-hybridized carbons (Fsp3) is 0.462. The summed E-state index contributed by atoms with van der Waals surface area (Å²) in [7, 11) is -0.433. The van der Waals surface area contributed by atoms with Gasteiger partial charge in [0.1, 0.15) is 5.54 Å². The Balaban J connectivity index is 2.50. The summed E-state index contributed by atoms with van der Waals surface area (Å²) in [5, 5.41) is 10.8. The Hall–Kier alpha value is -1.96. The molecule has 0 spiro atoms. The Morgan fingerprint density at radius 3 is 2.24 bits per heavy atom. The third kappa shape index (κ3) is 2.90. The van der Waals surface area contributed by atoms with E-state index in [1.54, 1.807) is 43.4 Å². The van der Waals surface area contributed by atoms with Gasteiger partial charge in [0, 0.05) is 14.1 Å². The van der Waals surface area contributed by atoms with Crippen molar-refractivity contribution in [2.24, 2.45) is 14.8 Å². The maximum absolute atomic E-state index is 12.4. The highest BCUT2D eigenvalue weighted by Gasteiger charge is 2.37. The molecule has 8 heteroatoms. The maximum atomic E-state index is 12.4. The lowest BCUT2D eigenvalue weighted by atomic mass is 10.0. The van der Waals surface area contributed by atoms with Crippen LogP contribution in [0.4, 0.5) is 0 Å². The van der Waals surface area contributed by atoms with E-state index in [0.29, 0.717) is 5.84 Å². The van der Waals surface area contributed by atoms with Crippen molar-refractivity contribution < 1.29 is 8.42 Å². The normalized spacial score (nSPS) is 20.1. The molecule has 0 saturated carbocycles. The molecular weight excluding hydrogens is 290 g/mol. The lowest BCUT2D eigenvalue weighted by Crippen LogP contribution is -2.53. The van der Waals surface area contributed by atoms with Crippen LogP contribution >= 0.6 is 0 Å². The van der Waals surface area contributed by atoms with Gasteiger partial charge in [-0.2, -0.15) is 8.42 Å². The Morgan fingerprint density at radius 1 is 1.10 bits per heavy atom. The van der Waals surface area contributed by atoms with Crippen molar-refractivity contribution in [3.8, 4) is 0 Å². The van der Waals surface area contributed by atoms with Crippen molar-refractivity contribution in [2.45, 2.75) is 31.2 Å². The van der Waals surface area contributed by atoms with Crippen LogP contribution in [0, 0.1) is 6.92 Å². The van der Waals surface area contributed by atoms with E-state index in [9.17, 15) is 8.42 Å². The van der Waals surface area contributed by atoms with Gasteiger partial charge < -0.3 is 0 Å². The minimum Gasteiger partial charge on any atom is -0.267 e. The van der Waals surface area contributed by atoms with Crippen LogP contribution < -0.4 is 0 Å². The van der Waals surface area contributed by atoms with Crippen molar-refractivity contribution >= 4 is 15.9 Å². The number of sulfonamides is 1. The molecule has 1 aliphatic heterocycles. The Labute approximate surface area is 125 Å². The molecule has 0 saturated heterocycles. The van der Waals surface area contributed by atoms with E-state index in [2.05, 4.69) is 14.8 Å². The third-order valence-electron chi connectivity index (χ3n) is 3.50. The summed E-state index contributed by atoms with van der Waals surface area (Å²) in [6.45, 7) is 5.58. The molecule has 0 amide bonds. The molecule has 0 aromatic heterocycles. The third-order valence-corrected chi connectivity index (χ3v) is 4.78. The fourth-order valence-corrected chi connectivity index (χ4v) is 3.02. The van der Waals surface area contributed by atoms with Gasteiger partial charge in [-0.15, -0.1) is 4.40 Å². The number of likely N-dealkylation sites (N-methyl/N-ethyl adjacent to an activating group) is 2. The van der Waals surface area contributed by atoms with E-state index in [1.807, 2.05) is 20.8 Å². The highest BCUT2D eigenvalue weighted by atomic mass is 32.2.